The molecule has 2 heterocycles. The summed E-state index contributed by atoms with van der Waals surface area (Å²) in [4.78, 5) is 20.7. The molecule has 4 nitrogen and oxygen atoms in total. The zero-order valence-corrected chi connectivity index (χ0v) is 12.8. The maximum absolute atomic E-state index is 11.9. The molecular weight excluding hydrogens is 250 g/mol. The highest BCUT2D eigenvalue weighted by Gasteiger charge is 2.28. The Kier molecular flexibility index (Phi) is 4.99. The third-order valence-corrected chi connectivity index (χ3v) is 4.15. The normalized spacial score (nSPS) is 18.9. The van der Waals surface area contributed by atoms with Crippen LogP contribution in [-0.4, -0.2) is 35.4 Å². The van der Waals surface area contributed by atoms with Crippen molar-refractivity contribution in [3.8, 4) is 0 Å². The van der Waals surface area contributed by atoms with Crippen molar-refractivity contribution in [1.82, 2.24) is 9.88 Å². The van der Waals surface area contributed by atoms with Gasteiger partial charge in [0.05, 0.1) is 6.04 Å². The van der Waals surface area contributed by atoms with Crippen molar-refractivity contribution in [2.24, 2.45) is 0 Å². The third kappa shape index (κ3) is 2.94. The van der Waals surface area contributed by atoms with Crippen molar-refractivity contribution in [2.75, 3.05) is 24.5 Å². The van der Waals surface area contributed by atoms with Crippen molar-refractivity contribution in [3.63, 3.8) is 0 Å². The minimum atomic E-state index is 0.170. The van der Waals surface area contributed by atoms with Gasteiger partial charge in [0.2, 0.25) is 5.91 Å². The van der Waals surface area contributed by atoms with E-state index >= 15 is 0 Å². The van der Waals surface area contributed by atoms with E-state index in [1.165, 1.54) is 12.0 Å². The number of hydrogen-bond acceptors (Lipinski definition) is 3. The highest BCUT2D eigenvalue weighted by Crippen LogP contribution is 2.35. The van der Waals surface area contributed by atoms with Gasteiger partial charge >= 0.3 is 0 Å². The van der Waals surface area contributed by atoms with Crippen molar-refractivity contribution in [2.45, 2.75) is 46.1 Å². The van der Waals surface area contributed by atoms with Gasteiger partial charge in [-0.05, 0) is 39.2 Å². The molecule has 0 N–H and O–H groups in total. The molecular formula is C16H25N3O. The lowest BCUT2D eigenvalue weighted by Crippen LogP contribution is -2.38. The molecule has 0 saturated carbocycles. The molecule has 1 saturated heterocycles. The van der Waals surface area contributed by atoms with Crippen LogP contribution in [0.1, 0.15) is 51.6 Å². The molecule has 0 spiro atoms. The summed E-state index contributed by atoms with van der Waals surface area (Å²) in [6, 6.07) is 4.30. The van der Waals surface area contributed by atoms with Crippen LogP contribution >= 0.6 is 0 Å². The van der Waals surface area contributed by atoms with Crippen LogP contribution in [0, 0.1) is 0 Å². The van der Waals surface area contributed by atoms with Gasteiger partial charge in [-0.25, -0.2) is 4.98 Å². The molecule has 0 radical (unpaired) electrons. The summed E-state index contributed by atoms with van der Waals surface area (Å²) in [7, 11) is 0. The minimum absolute atomic E-state index is 0.170. The number of carbonyl (C=O) groups is 1. The van der Waals surface area contributed by atoms with Crippen LogP contribution in [-0.2, 0) is 4.79 Å². The monoisotopic (exact) mass is 275 g/mol. The number of anilines is 1. The summed E-state index contributed by atoms with van der Waals surface area (Å²) in [5, 5.41) is 0. The Morgan fingerprint density at radius 2 is 2.15 bits per heavy atom. The quantitative estimate of drug-likeness (QED) is 0.847. The second kappa shape index (κ2) is 6.73. The third-order valence-electron chi connectivity index (χ3n) is 4.15. The van der Waals surface area contributed by atoms with Gasteiger partial charge < -0.3 is 9.80 Å². The molecule has 1 aliphatic rings. The van der Waals surface area contributed by atoms with Crippen LogP contribution in [0.4, 0.5) is 5.82 Å². The van der Waals surface area contributed by atoms with Crippen LogP contribution in [0.3, 0.4) is 0 Å². The molecule has 20 heavy (non-hydrogen) atoms. The van der Waals surface area contributed by atoms with Gasteiger partial charge in [-0.2, -0.15) is 0 Å². The number of aromatic nitrogens is 1. The average Bonchev–Trinajstić information content (AvgIpc) is 2.49. The topological polar surface area (TPSA) is 36.4 Å². The van der Waals surface area contributed by atoms with Crippen molar-refractivity contribution >= 4 is 11.7 Å². The van der Waals surface area contributed by atoms with Gasteiger partial charge in [-0.1, -0.05) is 6.07 Å². The maximum Gasteiger partial charge on any atom is 0.219 e. The molecule has 2 rings (SSSR count). The van der Waals surface area contributed by atoms with E-state index in [2.05, 4.69) is 29.8 Å². The Morgan fingerprint density at radius 3 is 2.80 bits per heavy atom. The Balaban J connectivity index is 2.37. The largest absolute Gasteiger partial charge is 0.357 e. The lowest BCUT2D eigenvalue weighted by atomic mass is 9.95. The summed E-state index contributed by atoms with van der Waals surface area (Å²) >= 11 is 0. The molecule has 0 aliphatic carbocycles. The fraction of sp³-hybridized carbons (Fsp3) is 0.625. The number of rotatable bonds is 4. The van der Waals surface area contributed by atoms with E-state index in [4.69, 9.17) is 0 Å². The molecule has 1 atom stereocenters. The molecule has 0 bridgehead atoms. The Hall–Kier alpha value is -1.58. The summed E-state index contributed by atoms with van der Waals surface area (Å²) in [5.41, 5.74) is 1.20. The van der Waals surface area contributed by atoms with E-state index in [0.29, 0.717) is 0 Å². The first-order valence-electron chi connectivity index (χ1n) is 7.66. The number of hydrogen-bond donors (Lipinski definition) is 0. The number of likely N-dealkylation sites (tertiary alicyclic amines) is 1. The van der Waals surface area contributed by atoms with Gasteiger partial charge in [0.25, 0.3) is 0 Å². The molecule has 1 unspecified atom stereocenters. The van der Waals surface area contributed by atoms with Crippen molar-refractivity contribution in [1.29, 1.82) is 0 Å². The lowest BCUT2D eigenvalue weighted by Gasteiger charge is -2.37. The van der Waals surface area contributed by atoms with E-state index in [1.807, 2.05) is 17.2 Å². The van der Waals surface area contributed by atoms with Crippen LogP contribution in [0.25, 0.3) is 0 Å². The molecule has 1 aromatic heterocycles. The highest BCUT2D eigenvalue weighted by atomic mass is 16.2. The van der Waals surface area contributed by atoms with E-state index < -0.39 is 0 Å². The Bertz CT molecular complexity index is 457. The molecule has 4 heteroatoms. The minimum Gasteiger partial charge on any atom is -0.357 e. The number of amides is 1. The predicted octanol–water partition coefficient (Wildman–Crippen LogP) is 3.00. The van der Waals surface area contributed by atoms with E-state index in [0.717, 1.165) is 38.3 Å². The van der Waals surface area contributed by atoms with Gasteiger partial charge in [0, 0.05) is 38.3 Å². The van der Waals surface area contributed by atoms with Gasteiger partial charge in [0.15, 0.2) is 0 Å². The van der Waals surface area contributed by atoms with E-state index in [1.54, 1.807) is 6.92 Å². The smallest absolute Gasteiger partial charge is 0.219 e. The molecule has 1 fully saturated rings. The van der Waals surface area contributed by atoms with Crippen molar-refractivity contribution in [3.05, 3.63) is 23.9 Å². The summed E-state index contributed by atoms with van der Waals surface area (Å²) in [5.74, 6) is 1.21. The van der Waals surface area contributed by atoms with Gasteiger partial charge in [0.1, 0.15) is 5.82 Å². The number of piperidine rings is 1. The highest BCUT2D eigenvalue weighted by molar-refractivity contribution is 5.74. The number of carbonyl (C=O) groups excluding carboxylic acids is 1. The number of pyridine rings is 1. The first kappa shape index (κ1) is 14.8. The second-order valence-corrected chi connectivity index (χ2v) is 5.31. The molecule has 1 aliphatic heterocycles. The van der Waals surface area contributed by atoms with Crippen LogP contribution in [0.15, 0.2) is 18.3 Å². The van der Waals surface area contributed by atoms with Crippen LogP contribution in [0.2, 0.25) is 0 Å². The Morgan fingerprint density at radius 1 is 1.40 bits per heavy atom. The fourth-order valence-electron chi connectivity index (χ4n) is 3.09. The maximum atomic E-state index is 11.9. The Labute approximate surface area is 121 Å². The zero-order valence-electron chi connectivity index (χ0n) is 12.8. The van der Waals surface area contributed by atoms with E-state index in [9.17, 15) is 4.79 Å². The second-order valence-electron chi connectivity index (χ2n) is 5.31. The predicted molar refractivity (Wildman–Crippen MR) is 81.8 cm³/mol. The standard InChI is InChI=1S/C16H25N3O/c1-4-18(5-2)16-14(9-8-11-17-16)15-10-6-7-12-19(15)13(3)20/h8-9,11,15H,4-7,10,12H2,1-3H3. The zero-order chi connectivity index (χ0) is 14.5. The molecule has 0 aromatic carbocycles. The van der Waals surface area contributed by atoms with Gasteiger partial charge in [-0.3, -0.25) is 4.79 Å². The summed E-state index contributed by atoms with van der Waals surface area (Å²) in [6.07, 6.45) is 5.18. The van der Waals surface area contributed by atoms with E-state index in [-0.39, 0.29) is 11.9 Å². The summed E-state index contributed by atoms with van der Waals surface area (Å²) < 4.78 is 0. The lowest BCUT2D eigenvalue weighted by molar-refractivity contribution is -0.132. The van der Waals surface area contributed by atoms with Crippen LogP contribution < -0.4 is 4.90 Å². The molecule has 1 amide bonds. The van der Waals surface area contributed by atoms with Crippen molar-refractivity contribution < 1.29 is 4.79 Å². The SMILES string of the molecule is CCN(CC)c1ncccc1C1CCCCN1C(C)=O. The van der Waals surface area contributed by atoms with Gasteiger partial charge in [-0.15, -0.1) is 0 Å². The first-order chi connectivity index (χ1) is 9.69. The summed E-state index contributed by atoms with van der Waals surface area (Å²) in [6.45, 7) is 8.70. The first-order valence-corrected chi connectivity index (χ1v) is 7.66. The molecule has 110 valence electrons. The average molecular weight is 275 g/mol. The van der Waals surface area contributed by atoms with Crippen LogP contribution in [0.5, 0.6) is 0 Å². The fourth-order valence-corrected chi connectivity index (χ4v) is 3.09. The molecule has 1 aromatic rings. The number of nitrogens with zero attached hydrogens (tertiary/aromatic N) is 3.